The van der Waals surface area contributed by atoms with Crippen LogP contribution in [0.2, 0.25) is 0 Å². The lowest BCUT2D eigenvalue weighted by Crippen LogP contribution is -2.17. The number of pyridine rings is 1. The number of rotatable bonds is 4. The van der Waals surface area contributed by atoms with Crippen molar-refractivity contribution in [1.82, 2.24) is 4.98 Å². The van der Waals surface area contributed by atoms with Crippen LogP contribution in [0.15, 0.2) is 45.9 Å². The SMILES string of the molecule is O=S(=O)(Cc1ncc(Br)cc1O)c1cccc(OC(F)(F)F)c1. The predicted octanol–water partition coefficient (Wildman–Crippen LogP) is 3.42. The highest BCUT2D eigenvalue weighted by Gasteiger charge is 2.31. The summed E-state index contributed by atoms with van der Waals surface area (Å²) in [6, 6.07) is 5.28. The first kappa shape index (κ1) is 17.5. The molecule has 0 saturated carbocycles. The van der Waals surface area contributed by atoms with Gasteiger partial charge >= 0.3 is 6.36 Å². The van der Waals surface area contributed by atoms with Crippen LogP contribution in [0.25, 0.3) is 0 Å². The summed E-state index contributed by atoms with van der Waals surface area (Å²) < 4.78 is 65.2. The zero-order valence-electron chi connectivity index (χ0n) is 11.2. The molecule has 1 aromatic heterocycles. The number of hydrogen-bond donors (Lipinski definition) is 1. The Morgan fingerprint density at radius 1 is 1.26 bits per heavy atom. The van der Waals surface area contributed by atoms with E-state index in [2.05, 4.69) is 25.7 Å². The van der Waals surface area contributed by atoms with Gasteiger partial charge in [0.25, 0.3) is 0 Å². The number of sulfone groups is 1. The largest absolute Gasteiger partial charge is 0.573 e. The molecule has 1 aromatic carbocycles. The van der Waals surface area contributed by atoms with Gasteiger partial charge in [-0.2, -0.15) is 0 Å². The van der Waals surface area contributed by atoms with Gasteiger partial charge in [-0.1, -0.05) is 6.07 Å². The van der Waals surface area contributed by atoms with E-state index in [9.17, 15) is 26.7 Å². The molecule has 0 atom stereocenters. The van der Waals surface area contributed by atoms with E-state index >= 15 is 0 Å². The Hall–Kier alpha value is -1.81. The molecule has 2 aromatic rings. The third kappa shape index (κ3) is 4.83. The minimum Gasteiger partial charge on any atom is -0.506 e. The fourth-order valence-electron chi connectivity index (χ4n) is 1.70. The second-order valence-electron chi connectivity index (χ2n) is 4.40. The number of hydrogen-bond acceptors (Lipinski definition) is 5. The third-order valence-corrected chi connectivity index (χ3v) is 4.70. The smallest absolute Gasteiger partial charge is 0.506 e. The Labute approximate surface area is 137 Å². The molecule has 1 heterocycles. The fourth-order valence-corrected chi connectivity index (χ4v) is 3.35. The zero-order valence-corrected chi connectivity index (χ0v) is 13.6. The highest BCUT2D eigenvalue weighted by molar-refractivity contribution is 9.10. The monoisotopic (exact) mass is 411 g/mol. The van der Waals surface area contributed by atoms with Crippen molar-refractivity contribution < 1.29 is 31.4 Å². The van der Waals surface area contributed by atoms with Crippen molar-refractivity contribution in [3.8, 4) is 11.5 Å². The van der Waals surface area contributed by atoms with Gasteiger partial charge in [0.2, 0.25) is 0 Å². The highest BCUT2D eigenvalue weighted by atomic mass is 79.9. The van der Waals surface area contributed by atoms with Crippen molar-refractivity contribution >= 4 is 25.8 Å². The number of alkyl halides is 3. The standard InChI is InChI=1S/C13H9BrF3NO4S/c14-8-4-12(19)11(18-6-8)7-23(20,21)10-3-1-2-9(5-10)22-13(15,16)17/h1-6,19H,7H2. The number of halogens is 4. The van der Waals surface area contributed by atoms with Gasteiger partial charge in [-0.25, -0.2) is 8.42 Å². The van der Waals surface area contributed by atoms with Gasteiger partial charge < -0.3 is 9.84 Å². The molecule has 2 rings (SSSR count). The van der Waals surface area contributed by atoms with Crippen molar-refractivity contribution in [3.05, 3.63) is 46.7 Å². The molecule has 23 heavy (non-hydrogen) atoms. The van der Waals surface area contributed by atoms with Crippen molar-refractivity contribution in [2.45, 2.75) is 17.0 Å². The van der Waals surface area contributed by atoms with E-state index in [1.165, 1.54) is 12.3 Å². The van der Waals surface area contributed by atoms with E-state index in [0.717, 1.165) is 24.3 Å². The number of aromatic hydroxyl groups is 1. The first-order chi connectivity index (χ1) is 10.6. The van der Waals surface area contributed by atoms with Gasteiger partial charge in [0.15, 0.2) is 9.84 Å². The van der Waals surface area contributed by atoms with Crippen LogP contribution in [0.1, 0.15) is 5.69 Å². The Morgan fingerprint density at radius 3 is 2.57 bits per heavy atom. The molecule has 124 valence electrons. The topological polar surface area (TPSA) is 76.5 Å². The summed E-state index contributed by atoms with van der Waals surface area (Å²) in [5.74, 6) is -1.65. The normalized spacial score (nSPS) is 12.2. The maximum atomic E-state index is 12.3. The van der Waals surface area contributed by atoms with Crippen LogP contribution in [0.3, 0.4) is 0 Å². The molecule has 0 aliphatic heterocycles. The van der Waals surface area contributed by atoms with E-state index in [0.29, 0.717) is 4.47 Å². The van der Waals surface area contributed by atoms with Gasteiger partial charge in [0, 0.05) is 10.7 Å². The van der Waals surface area contributed by atoms with E-state index in [4.69, 9.17) is 0 Å². The summed E-state index contributed by atoms with van der Waals surface area (Å²) in [5.41, 5.74) is -0.115. The average Bonchev–Trinajstić information content (AvgIpc) is 2.40. The summed E-state index contributed by atoms with van der Waals surface area (Å²) >= 11 is 3.06. The summed E-state index contributed by atoms with van der Waals surface area (Å²) in [7, 11) is -4.01. The van der Waals surface area contributed by atoms with Crippen molar-refractivity contribution in [1.29, 1.82) is 0 Å². The number of nitrogens with zero attached hydrogens (tertiary/aromatic N) is 1. The van der Waals surface area contributed by atoms with Crippen molar-refractivity contribution in [2.24, 2.45) is 0 Å². The van der Waals surface area contributed by atoms with Gasteiger partial charge in [0.05, 0.1) is 10.6 Å². The van der Waals surface area contributed by atoms with Crippen molar-refractivity contribution in [2.75, 3.05) is 0 Å². The van der Waals surface area contributed by atoms with Gasteiger partial charge in [-0.05, 0) is 40.2 Å². The molecule has 0 saturated heterocycles. The molecule has 0 aliphatic carbocycles. The molecule has 0 bridgehead atoms. The van der Waals surface area contributed by atoms with Crippen LogP contribution in [-0.2, 0) is 15.6 Å². The number of benzene rings is 1. The molecular formula is C13H9BrF3NO4S. The lowest BCUT2D eigenvalue weighted by atomic mass is 10.3. The van der Waals surface area contributed by atoms with Crippen LogP contribution < -0.4 is 4.74 Å². The number of aromatic nitrogens is 1. The van der Waals surface area contributed by atoms with Crippen molar-refractivity contribution in [3.63, 3.8) is 0 Å². The molecule has 0 fully saturated rings. The maximum absolute atomic E-state index is 12.3. The molecule has 0 radical (unpaired) electrons. The van der Waals surface area contributed by atoms with Gasteiger partial charge in [-0.3, -0.25) is 4.98 Å². The quantitative estimate of drug-likeness (QED) is 0.833. The average molecular weight is 412 g/mol. The van der Waals surface area contributed by atoms with E-state index in [-0.39, 0.29) is 16.3 Å². The van der Waals surface area contributed by atoms with E-state index in [1.807, 2.05) is 0 Å². The van der Waals surface area contributed by atoms with E-state index in [1.54, 1.807) is 0 Å². The van der Waals surface area contributed by atoms with Crippen LogP contribution in [0, 0.1) is 0 Å². The molecule has 10 heteroatoms. The molecule has 0 amide bonds. The first-order valence-electron chi connectivity index (χ1n) is 5.99. The minimum atomic E-state index is -4.92. The van der Waals surface area contributed by atoms with E-state index < -0.39 is 27.7 Å². The Balaban J connectivity index is 2.31. The summed E-state index contributed by atoms with van der Waals surface area (Å²) in [5, 5.41) is 9.68. The Morgan fingerprint density at radius 2 is 1.96 bits per heavy atom. The first-order valence-corrected chi connectivity index (χ1v) is 8.43. The summed E-state index contributed by atoms with van der Waals surface area (Å²) in [6.07, 6.45) is -3.62. The van der Waals surface area contributed by atoms with Crippen LogP contribution >= 0.6 is 15.9 Å². The minimum absolute atomic E-state index is 0.115. The number of ether oxygens (including phenoxy) is 1. The second kappa shape index (κ2) is 6.36. The molecule has 1 N–H and O–H groups in total. The predicted molar refractivity (Wildman–Crippen MR) is 77.6 cm³/mol. The molecule has 5 nitrogen and oxygen atoms in total. The lowest BCUT2D eigenvalue weighted by Gasteiger charge is -2.10. The third-order valence-electron chi connectivity index (χ3n) is 2.64. The van der Waals surface area contributed by atoms with Crippen LogP contribution in [0.5, 0.6) is 11.5 Å². The molecule has 0 aliphatic rings. The summed E-state index contributed by atoms with van der Waals surface area (Å²) in [6.45, 7) is 0. The van der Waals surface area contributed by atoms with Crippen LogP contribution in [0.4, 0.5) is 13.2 Å². The van der Waals surface area contributed by atoms with Crippen LogP contribution in [-0.4, -0.2) is 24.9 Å². The van der Waals surface area contributed by atoms with Gasteiger partial charge in [0.1, 0.15) is 17.3 Å². The molecular weight excluding hydrogens is 403 g/mol. The molecule has 0 spiro atoms. The molecule has 0 unspecified atom stereocenters. The maximum Gasteiger partial charge on any atom is 0.573 e. The lowest BCUT2D eigenvalue weighted by molar-refractivity contribution is -0.274. The zero-order chi connectivity index (χ0) is 17.3. The summed E-state index contributed by atoms with van der Waals surface area (Å²) in [4.78, 5) is 3.41. The highest BCUT2D eigenvalue weighted by Crippen LogP contribution is 2.28. The second-order valence-corrected chi connectivity index (χ2v) is 7.31. The van der Waals surface area contributed by atoms with Gasteiger partial charge in [-0.15, -0.1) is 13.2 Å². The Kier molecular flexibility index (Phi) is 4.85. The fraction of sp³-hybridized carbons (Fsp3) is 0.154. The Bertz CT molecular complexity index is 824.